The summed E-state index contributed by atoms with van der Waals surface area (Å²) in [7, 11) is 0. The van der Waals surface area contributed by atoms with E-state index in [1.165, 1.54) is 11.3 Å². The molecule has 0 bridgehead atoms. The van der Waals surface area contributed by atoms with Crippen LogP contribution < -0.4 is 0 Å². The van der Waals surface area contributed by atoms with E-state index >= 15 is 0 Å². The second-order valence-corrected chi connectivity index (χ2v) is 6.67. The van der Waals surface area contributed by atoms with Crippen molar-refractivity contribution in [1.29, 1.82) is 0 Å². The van der Waals surface area contributed by atoms with Gasteiger partial charge in [0.25, 0.3) is 5.91 Å². The Morgan fingerprint density at radius 3 is 3.00 bits per heavy atom. The van der Waals surface area contributed by atoms with Gasteiger partial charge in [-0.15, -0.1) is 11.3 Å². The lowest BCUT2D eigenvalue weighted by Crippen LogP contribution is -2.51. The lowest BCUT2D eigenvalue weighted by atomic mass is 10.1. The number of ether oxygens (including phenoxy) is 1. The molecular formula is C17H18N2O2S. The largest absolute Gasteiger partial charge is 0.374 e. The molecule has 1 saturated heterocycles. The quantitative estimate of drug-likeness (QED) is 0.855. The molecule has 2 atom stereocenters. The fraction of sp³-hybridized carbons (Fsp3) is 0.412. The van der Waals surface area contributed by atoms with E-state index < -0.39 is 0 Å². The van der Waals surface area contributed by atoms with Gasteiger partial charge < -0.3 is 9.64 Å². The van der Waals surface area contributed by atoms with E-state index in [-0.39, 0.29) is 18.1 Å². The topological polar surface area (TPSA) is 42.4 Å². The van der Waals surface area contributed by atoms with Gasteiger partial charge in [0.15, 0.2) is 0 Å². The van der Waals surface area contributed by atoms with E-state index in [0.717, 1.165) is 29.8 Å². The molecule has 2 fully saturated rings. The van der Waals surface area contributed by atoms with Gasteiger partial charge >= 0.3 is 0 Å². The molecule has 1 amide bonds. The zero-order chi connectivity index (χ0) is 14.9. The number of hydrogen-bond donors (Lipinski definition) is 0. The van der Waals surface area contributed by atoms with Crippen LogP contribution in [-0.4, -0.2) is 41.1 Å². The van der Waals surface area contributed by atoms with E-state index in [9.17, 15) is 4.79 Å². The first-order chi connectivity index (χ1) is 10.8. The maximum atomic E-state index is 12.8. The van der Waals surface area contributed by atoms with Gasteiger partial charge in [0.05, 0.1) is 18.8 Å². The predicted molar refractivity (Wildman–Crippen MR) is 86.0 cm³/mol. The molecule has 114 valence electrons. The first kappa shape index (κ1) is 13.9. The van der Waals surface area contributed by atoms with Crippen LogP contribution in [0.3, 0.4) is 0 Å². The Labute approximate surface area is 133 Å². The molecule has 0 radical (unpaired) electrons. The number of carbonyl (C=O) groups is 1. The Hall–Kier alpha value is -1.72. The number of thiazole rings is 1. The molecule has 0 N–H and O–H groups in total. The molecule has 2 unspecified atom stereocenters. The van der Waals surface area contributed by atoms with Crippen molar-refractivity contribution in [3.63, 3.8) is 0 Å². The highest BCUT2D eigenvalue weighted by atomic mass is 32.1. The second kappa shape index (κ2) is 5.82. The van der Waals surface area contributed by atoms with Crippen LogP contribution in [0.15, 0.2) is 35.7 Å². The van der Waals surface area contributed by atoms with Crippen LogP contribution in [0.1, 0.15) is 29.8 Å². The summed E-state index contributed by atoms with van der Waals surface area (Å²) in [6.07, 6.45) is 3.49. The number of fused-ring (bicyclic) bond motifs is 1. The van der Waals surface area contributed by atoms with E-state index in [0.29, 0.717) is 18.8 Å². The Morgan fingerprint density at radius 1 is 1.27 bits per heavy atom. The number of amides is 1. The summed E-state index contributed by atoms with van der Waals surface area (Å²) in [6.45, 7) is 1.32. The number of aromatic nitrogens is 1. The van der Waals surface area contributed by atoms with E-state index in [1.54, 1.807) is 0 Å². The second-order valence-electron chi connectivity index (χ2n) is 5.81. The standard InChI is InChI=1S/C17H18N2O2S/c20-17(19-9-10-21-15-8-4-7-14(15)19)13-11-22-16(18-13)12-5-2-1-3-6-12/h1-3,5-6,11,14-15H,4,7-10H2. The molecule has 1 aromatic heterocycles. The van der Waals surface area contributed by atoms with Crippen LogP contribution in [0.2, 0.25) is 0 Å². The number of carbonyl (C=O) groups excluding carboxylic acids is 1. The minimum atomic E-state index is 0.0543. The molecule has 1 aromatic carbocycles. The van der Waals surface area contributed by atoms with Crippen LogP contribution in [0.25, 0.3) is 10.6 Å². The third kappa shape index (κ3) is 2.44. The van der Waals surface area contributed by atoms with Crippen molar-refractivity contribution in [3.8, 4) is 10.6 Å². The predicted octanol–water partition coefficient (Wildman–Crippen LogP) is 3.20. The van der Waals surface area contributed by atoms with E-state index in [2.05, 4.69) is 4.98 Å². The molecule has 2 aliphatic rings. The summed E-state index contributed by atoms with van der Waals surface area (Å²) in [5.74, 6) is 0.0543. The van der Waals surface area contributed by atoms with Gasteiger partial charge in [0.1, 0.15) is 10.7 Å². The molecule has 4 rings (SSSR count). The lowest BCUT2D eigenvalue weighted by molar-refractivity contribution is -0.0447. The highest BCUT2D eigenvalue weighted by Gasteiger charge is 2.39. The molecule has 1 aliphatic heterocycles. The summed E-state index contributed by atoms with van der Waals surface area (Å²) in [4.78, 5) is 19.3. The van der Waals surface area contributed by atoms with Crippen molar-refractivity contribution in [2.75, 3.05) is 13.2 Å². The number of benzene rings is 1. The zero-order valence-corrected chi connectivity index (χ0v) is 13.1. The number of nitrogens with zero attached hydrogens (tertiary/aromatic N) is 2. The van der Waals surface area contributed by atoms with Crippen molar-refractivity contribution >= 4 is 17.2 Å². The van der Waals surface area contributed by atoms with Crippen molar-refractivity contribution in [2.45, 2.75) is 31.4 Å². The van der Waals surface area contributed by atoms with Gasteiger partial charge in [-0.1, -0.05) is 30.3 Å². The van der Waals surface area contributed by atoms with Crippen LogP contribution in [0, 0.1) is 0 Å². The summed E-state index contributed by atoms with van der Waals surface area (Å²) in [5.41, 5.74) is 1.63. The van der Waals surface area contributed by atoms with Crippen molar-refractivity contribution < 1.29 is 9.53 Å². The SMILES string of the molecule is O=C(c1csc(-c2ccccc2)n1)N1CCOC2CCCC21. The van der Waals surface area contributed by atoms with E-state index in [4.69, 9.17) is 4.74 Å². The number of hydrogen-bond acceptors (Lipinski definition) is 4. The maximum Gasteiger partial charge on any atom is 0.273 e. The summed E-state index contributed by atoms with van der Waals surface area (Å²) in [5, 5.41) is 2.78. The fourth-order valence-electron chi connectivity index (χ4n) is 3.41. The molecule has 2 heterocycles. The molecule has 2 aromatic rings. The molecule has 1 aliphatic carbocycles. The van der Waals surface area contributed by atoms with Crippen molar-refractivity contribution in [1.82, 2.24) is 9.88 Å². The molecule has 5 heteroatoms. The zero-order valence-electron chi connectivity index (χ0n) is 12.3. The molecular weight excluding hydrogens is 296 g/mol. The summed E-state index contributed by atoms with van der Waals surface area (Å²) in [6, 6.07) is 10.2. The van der Waals surface area contributed by atoms with Crippen LogP contribution in [0.5, 0.6) is 0 Å². The van der Waals surface area contributed by atoms with Crippen LogP contribution in [-0.2, 0) is 4.74 Å². The van der Waals surface area contributed by atoms with Gasteiger partial charge in [-0.3, -0.25) is 4.79 Å². The maximum absolute atomic E-state index is 12.8. The molecule has 0 spiro atoms. The highest BCUT2D eigenvalue weighted by Crippen LogP contribution is 2.31. The lowest BCUT2D eigenvalue weighted by Gasteiger charge is -2.37. The first-order valence-electron chi connectivity index (χ1n) is 7.76. The van der Waals surface area contributed by atoms with Crippen molar-refractivity contribution in [2.24, 2.45) is 0 Å². The monoisotopic (exact) mass is 314 g/mol. The fourth-order valence-corrected chi connectivity index (χ4v) is 4.21. The third-order valence-electron chi connectivity index (χ3n) is 4.49. The molecule has 22 heavy (non-hydrogen) atoms. The van der Waals surface area contributed by atoms with Crippen molar-refractivity contribution in [3.05, 3.63) is 41.4 Å². The van der Waals surface area contributed by atoms with Gasteiger partial charge in [-0.25, -0.2) is 4.98 Å². The highest BCUT2D eigenvalue weighted by molar-refractivity contribution is 7.13. The van der Waals surface area contributed by atoms with Crippen LogP contribution in [0.4, 0.5) is 0 Å². The van der Waals surface area contributed by atoms with Gasteiger partial charge in [0, 0.05) is 17.5 Å². The number of rotatable bonds is 2. The molecule has 4 nitrogen and oxygen atoms in total. The smallest absolute Gasteiger partial charge is 0.273 e. The van der Waals surface area contributed by atoms with Gasteiger partial charge in [-0.05, 0) is 19.3 Å². The Bertz CT molecular complexity index is 670. The van der Waals surface area contributed by atoms with Gasteiger partial charge in [-0.2, -0.15) is 0 Å². The van der Waals surface area contributed by atoms with Crippen LogP contribution >= 0.6 is 11.3 Å². The number of morpholine rings is 1. The average molecular weight is 314 g/mol. The van der Waals surface area contributed by atoms with Gasteiger partial charge in [0.2, 0.25) is 0 Å². The normalized spacial score (nSPS) is 24.3. The Balaban J connectivity index is 1.57. The minimum Gasteiger partial charge on any atom is -0.374 e. The summed E-state index contributed by atoms with van der Waals surface area (Å²) >= 11 is 1.53. The van der Waals surface area contributed by atoms with E-state index in [1.807, 2.05) is 40.6 Å². The Morgan fingerprint density at radius 2 is 2.14 bits per heavy atom. The molecule has 1 saturated carbocycles. The minimum absolute atomic E-state index is 0.0543. The third-order valence-corrected chi connectivity index (χ3v) is 5.38. The average Bonchev–Trinajstić information content (AvgIpc) is 3.24. The Kier molecular flexibility index (Phi) is 3.68. The first-order valence-corrected chi connectivity index (χ1v) is 8.64. The summed E-state index contributed by atoms with van der Waals surface area (Å²) < 4.78 is 5.78.